The molecule has 96 valence electrons. The molecule has 0 aliphatic carbocycles. The fraction of sp³-hybridized carbons (Fsp3) is 0.400. The summed E-state index contributed by atoms with van der Waals surface area (Å²) in [7, 11) is 0. The first-order chi connectivity index (χ1) is 8.63. The second-order valence-electron chi connectivity index (χ2n) is 4.98. The SMILES string of the molecule is CCn1c(-c2ccccc2)nc(CC(C)C)c1N. The molecule has 18 heavy (non-hydrogen) atoms. The van der Waals surface area contributed by atoms with Crippen LogP contribution in [0.25, 0.3) is 11.4 Å². The van der Waals surface area contributed by atoms with Crippen LogP contribution in [0.4, 0.5) is 5.82 Å². The molecule has 0 saturated heterocycles. The van der Waals surface area contributed by atoms with Crippen molar-refractivity contribution in [2.75, 3.05) is 5.73 Å². The maximum atomic E-state index is 6.20. The van der Waals surface area contributed by atoms with Crippen LogP contribution in [0.1, 0.15) is 26.5 Å². The van der Waals surface area contributed by atoms with Crippen LogP contribution in [0.15, 0.2) is 30.3 Å². The smallest absolute Gasteiger partial charge is 0.141 e. The molecule has 0 radical (unpaired) electrons. The second kappa shape index (κ2) is 5.25. The molecular weight excluding hydrogens is 222 g/mol. The molecule has 0 amide bonds. The Balaban J connectivity index is 2.48. The minimum atomic E-state index is 0.566. The molecular formula is C15H21N3. The Kier molecular flexibility index (Phi) is 3.70. The van der Waals surface area contributed by atoms with Crippen molar-refractivity contribution in [1.82, 2.24) is 9.55 Å². The van der Waals surface area contributed by atoms with E-state index in [1.165, 1.54) is 0 Å². The Labute approximate surface area is 109 Å². The summed E-state index contributed by atoms with van der Waals surface area (Å²) in [4.78, 5) is 4.73. The quantitative estimate of drug-likeness (QED) is 0.895. The number of nitrogens with two attached hydrogens (primary N) is 1. The van der Waals surface area contributed by atoms with Gasteiger partial charge in [-0.15, -0.1) is 0 Å². The van der Waals surface area contributed by atoms with E-state index in [1.54, 1.807) is 0 Å². The van der Waals surface area contributed by atoms with E-state index in [4.69, 9.17) is 10.7 Å². The highest BCUT2D eigenvalue weighted by Gasteiger charge is 2.15. The molecule has 0 bridgehead atoms. The van der Waals surface area contributed by atoms with Gasteiger partial charge in [0.1, 0.15) is 11.6 Å². The van der Waals surface area contributed by atoms with Crippen LogP contribution < -0.4 is 5.73 Å². The van der Waals surface area contributed by atoms with E-state index in [-0.39, 0.29) is 0 Å². The Bertz CT molecular complexity index is 512. The average molecular weight is 243 g/mol. The van der Waals surface area contributed by atoms with Gasteiger partial charge in [0.15, 0.2) is 0 Å². The minimum absolute atomic E-state index is 0.566. The predicted octanol–water partition coefficient (Wildman–Crippen LogP) is 3.35. The van der Waals surface area contributed by atoms with Crippen LogP contribution in [0.2, 0.25) is 0 Å². The standard InChI is InChI=1S/C15H21N3/c1-4-18-14(16)13(10-11(2)3)17-15(18)12-8-6-5-7-9-12/h5-9,11H,4,10,16H2,1-3H3. The van der Waals surface area contributed by atoms with Crippen LogP contribution in [-0.4, -0.2) is 9.55 Å². The van der Waals surface area contributed by atoms with E-state index in [1.807, 2.05) is 18.2 Å². The number of hydrogen-bond donors (Lipinski definition) is 1. The number of imidazole rings is 1. The molecule has 1 aromatic heterocycles. The van der Waals surface area contributed by atoms with Gasteiger partial charge in [-0.25, -0.2) is 4.98 Å². The summed E-state index contributed by atoms with van der Waals surface area (Å²) < 4.78 is 2.09. The van der Waals surface area contributed by atoms with Crippen molar-refractivity contribution in [1.29, 1.82) is 0 Å². The van der Waals surface area contributed by atoms with Gasteiger partial charge in [0.25, 0.3) is 0 Å². The highest BCUT2D eigenvalue weighted by atomic mass is 15.1. The van der Waals surface area contributed by atoms with Gasteiger partial charge in [-0.2, -0.15) is 0 Å². The number of nitrogen functional groups attached to an aromatic ring is 1. The minimum Gasteiger partial charge on any atom is -0.384 e. The molecule has 1 heterocycles. The van der Waals surface area contributed by atoms with Crippen molar-refractivity contribution in [3.05, 3.63) is 36.0 Å². The zero-order valence-electron chi connectivity index (χ0n) is 11.4. The van der Waals surface area contributed by atoms with E-state index in [0.717, 1.165) is 35.9 Å². The summed E-state index contributed by atoms with van der Waals surface area (Å²) >= 11 is 0. The average Bonchev–Trinajstić information content (AvgIpc) is 2.67. The lowest BCUT2D eigenvalue weighted by atomic mass is 10.1. The summed E-state index contributed by atoms with van der Waals surface area (Å²) in [6.45, 7) is 7.32. The highest BCUT2D eigenvalue weighted by Crippen LogP contribution is 2.25. The van der Waals surface area contributed by atoms with Gasteiger partial charge in [0.05, 0.1) is 5.69 Å². The monoisotopic (exact) mass is 243 g/mol. The molecule has 2 aromatic rings. The molecule has 2 N–H and O–H groups in total. The van der Waals surface area contributed by atoms with Crippen molar-refractivity contribution >= 4 is 5.82 Å². The van der Waals surface area contributed by atoms with E-state index in [9.17, 15) is 0 Å². The second-order valence-corrected chi connectivity index (χ2v) is 4.98. The summed E-state index contributed by atoms with van der Waals surface area (Å²) in [6.07, 6.45) is 0.929. The molecule has 0 atom stereocenters. The van der Waals surface area contributed by atoms with Crippen molar-refractivity contribution in [3.63, 3.8) is 0 Å². The third-order valence-electron chi connectivity index (χ3n) is 3.03. The highest BCUT2D eigenvalue weighted by molar-refractivity contribution is 5.60. The Morgan fingerprint density at radius 2 is 1.89 bits per heavy atom. The Morgan fingerprint density at radius 1 is 1.22 bits per heavy atom. The van der Waals surface area contributed by atoms with E-state index >= 15 is 0 Å². The maximum absolute atomic E-state index is 6.20. The van der Waals surface area contributed by atoms with Gasteiger partial charge in [0.2, 0.25) is 0 Å². The van der Waals surface area contributed by atoms with Gasteiger partial charge in [-0.1, -0.05) is 44.2 Å². The maximum Gasteiger partial charge on any atom is 0.141 e. The van der Waals surface area contributed by atoms with E-state index in [2.05, 4.69) is 37.5 Å². The Morgan fingerprint density at radius 3 is 2.44 bits per heavy atom. The zero-order chi connectivity index (χ0) is 13.1. The molecule has 0 aliphatic rings. The molecule has 1 aromatic carbocycles. The predicted molar refractivity (Wildman–Crippen MR) is 76.3 cm³/mol. The van der Waals surface area contributed by atoms with E-state index in [0.29, 0.717) is 5.92 Å². The summed E-state index contributed by atoms with van der Waals surface area (Å²) in [6, 6.07) is 10.2. The van der Waals surface area contributed by atoms with Gasteiger partial charge >= 0.3 is 0 Å². The van der Waals surface area contributed by atoms with Gasteiger partial charge in [-0.05, 0) is 19.3 Å². The van der Waals surface area contributed by atoms with Gasteiger partial charge in [0, 0.05) is 12.1 Å². The van der Waals surface area contributed by atoms with Crippen molar-refractivity contribution < 1.29 is 0 Å². The van der Waals surface area contributed by atoms with Crippen molar-refractivity contribution in [3.8, 4) is 11.4 Å². The lowest BCUT2D eigenvalue weighted by Crippen LogP contribution is -2.04. The molecule has 0 saturated carbocycles. The third kappa shape index (κ3) is 2.40. The van der Waals surface area contributed by atoms with Crippen molar-refractivity contribution in [2.45, 2.75) is 33.7 Å². The van der Waals surface area contributed by atoms with Gasteiger partial charge < -0.3 is 10.3 Å². The van der Waals surface area contributed by atoms with Crippen LogP contribution in [0.5, 0.6) is 0 Å². The first-order valence-electron chi connectivity index (χ1n) is 6.53. The molecule has 0 unspecified atom stereocenters. The van der Waals surface area contributed by atoms with Crippen molar-refractivity contribution in [2.24, 2.45) is 5.92 Å². The summed E-state index contributed by atoms with van der Waals surface area (Å²) in [5, 5.41) is 0. The fourth-order valence-corrected chi connectivity index (χ4v) is 2.18. The number of hydrogen-bond acceptors (Lipinski definition) is 2. The molecule has 2 rings (SSSR count). The molecule has 0 fully saturated rings. The van der Waals surface area contributed by atoms with Crippen LogP contribution in [0, 0.1) is 5.92 Å². The number of benzene rings is 1. The van der Waals surface area contributed by atoms with E-state index < -0.39 is 0 Å². The number of rotatable bonds is 4. The summed E-state index contributed by atoms with van der Waals surface area (Å²) in [5.41, 5.74) is 8.35. The van der Waals surface area contributed by atoms with Gasteiger partial charge in [-0.3, -0.25) is 0 Å². The molecule has 0 aliphatic heterocycles. The largest absolute Gasteiger partial charge is 0.384 e. The fourth-order valence-electron chi connectivity index (χ4n) is 2.18. The number of nitrogens with zero attached hydrogens (tertiary/aromatic N) is 2. The zero-order valence-corrected chi connectivity index (χ0v) is 11.4. The molecule has 3 heteroatoms. The molecule has 3 nitrogen and oxygen atoms in total. The normalized spacial score (nSPS) is 11.1. The first kappa shape index (κ1) is 12.7. The van der Waals surface area contributed by atoms with Crippen LogP contribution in [-0.2, 0) is 13.0 Å². The topological polar surface area (TPSA) is 43.8 Å². The van der Waals surface area contributed by atoms with Crippen LogP contribution >= 0.6 is 0 Å². The lowest BCUT2D eigenvalue weighted by molar-refractivity contribution is 0.638. The molecule has 0 spiro atoms. The third-order valence-corrected chi connectivity index (χ3v) is 3.03. The Hall–Kier alpha value is -1.77. The number of anilines is 1. The lowest BCUT2D eigenvalue weighted by Gasteiger charge is -2.06. The number of aromatic nitrogens is 2. The summed E-state index contributed by atoms with van der Waals surface area (Å²) in [5.74, 6) is 2.35. The van der Waals surface area contributed by atoms with Crippen LogP contribution in [0.3, 0.4) is 0 Å². The first-order valence-corrected chi connectivity index (χ1v) is 6.53.